The molecule has 1 aromatic carbocycles. The Balaban J connectivity index is 1.88. The number of carbonyl (C=O) groups is 1. The van der Waals surface area contributed by atoms with Crippen molar-refractivity contribution in [3.63, 3.8) is 0 Å². The van der Waals surface area contributed by atoms with Crippen LogP contribution in [0.3, 0.4) is 0 Å². The third-order valence-electron chi connectivity index (χ3n) is 4.73. The molecular weight excluding hydrogens is 292 g/mol. The first-order valence-electron chi connectivity index (χ1n) is 7.69. The molecule has 3 rings (SSSR count). The third kappa shape index (κ3) is 2.68. The van der Waals surface area contributed by atoms with Crippen LogP contribution in [0, 0.1) is 0 Å². The lowest BCUT2D eigenvalue weighted by molar-refractivity contribution is 0.0763. The SMILES string of the molecule is Cn1c(C(=O)N2CCC(CO)(c3ccccc3)C2)cccc1=O. The molecule has 0 aliphatic carbocycles. The van der Waals surface area contributed by atoms with Gasteiger partial charge in [-0.25, -0.2) is 0 Å². The fourth-order valence-electron chi connectivity index (χ4n) is 3.23. The zero-order valence-corrected chi connectivity index (χ0v) is 13.1. The summed E-state index contributed by atoms with van der Waals surface area (Å²) in [6.45, 7) is 1.02. The predicted octanol–water partition coefficient (Wildman–Crippen LogP) is 1.16. The molecule has 2 heterocycles. The lowest BCUT2D eigenvalue weighted by Gasteiger charge is -2.28. The number of aliphatic hydroxyl groups excluding tert-OH is 1. The molecule has 0 radical (unpaired) electrons. The molecule has 1 atom stereocenters. The van der Waals surface area contributed by atoms with Crippen LogP contribution in [0.25, 0.3) is 0 Å². The number of pyridine rings is 1. The Morgan fingerprint density at radius 2 is 1.91 bits per heavy atom. The van der Waals surface area contributed by atoms with E-state index in [1.165, 1.54) is 10.6 Å². The molecule has 5 nitrogen and oxygen atoms in total. The van der Waals surface area contributed by atoms with Crippen molar-refractivity contribution in [3.8, 4) is 0 Å². The average molecular weight is 312 g/mol. The number of nitrogens with zero attached hydrogens (tertiary/aromatic N) is 2. The van der Waals surface area contributed by atoms with Crippen LogP contribution in [0.1, 0.15) is 22.5 Å². The van der Waals surface area contributed by atoms with Crippen LogP contribution in [0.2, 0.25) is 0 Å². The number of rotatable bonds is 3. The number of likely N-dealkylation sites (tertiary alicyclic amines) is 1. The largest absolute Gasteiger partial charge is 0.395 e. The van der Waals surface area contributed by atoms with Gasteiger partial charge < -0.3 is 14.6 Å². The van der Waals surface area contributed by atoms with Gasteiger partial charge in [0.1, 0.15) is 5.69 Å². The molecule has 120 valence electrons. The van der Waals surface area contributed by atoms with Crippen LogP contribution >= 0.6 is 0 Å². The summed E-state index contributed by atoms with van der Waals surface area (Å²) in [5.74, 6) is -0.170. The summed E-state index contributed by atoms with van der Waals surface area (Å²) in [5, 5.41) is 9.95. The van der Waals surface area contributed by atoms with Crippen molar-refractivity contribution in [3.05, 3.63) is 70.1 Å². The Morgan fingerprint density at radius 1 is 1.17 bits per heavy atom. The first kappa shape index (κ1) is 15.5. The summed E-state index contributed by atoms with van der Waals surface area (Å²) in [6.07, 6.45) is 0.708. The molecule has 1 aliphatic heterocycles. The quantitative estimate of drug-likeness (QED) is 0.925. The Morgan fingerprint density at radius 3 is 2.61 bits per heavy atom. The van der Waals surface area contributed by atoms with Crippen LogP contribution < -0.4 is 5.56 Å². The van der Waals surface area contributed by atoms with Crippen molar-refractivity contribution in [1.82, 2.24) is 9.47 Å². The average Bonchev–Trinajstić information content (AvgIpc) is 3.03. The van der Waals surface area contributed by atoms with E-state index in [0.717, 1.165) is 5.56 Å². The van der Waals surface area contributed by atoms with Crippen molar-refractivity contribution in [2.75, 3.05) is 19.7 Å². The van der Waals surface area contributed by atoms with Crippen LogP contribution in [-0.2, 0) is 12.5 Å². The Hall–Kier alpha value is -2.40. The predicted molar refractivity (Wildman–Crippen MR) is 87.4 cm³/mol. The molecule has 0 bridgehead atoms. The molecule has 1 amide bonds. The fraction of sp³-hybridized carbons (Fsp3) is 0.333. The number of benzene rings is 1. The highest BCUT2D eigenvalue weighted by Crippen LogP contribution is 2.34. The maximum absolute atomic E-state index is 12.7. The minimum atomic E-state index is -0.426. The normalized spacial score (nSPS) is 20.7. The van der Waals surface area contributed by atoms with Gasteiger partial charge in [0.25, 0.3) is 11.5 Å². The van der Waals surface area contributed by atoms with Crippen molar-refractivity contribution >= 4 is 5.91 Å². The maximum atomic E-state index is 12.7. The fourth-order valence-corrected chi connectivity index (χ4v) is 3.23. The molecule has 0 saturated carbocycles. The molecule has 1 fully saturated rings. The lowest BCUT2D eigenvalue weighted by atomic mass is 9.80. The Kier molecular flexibility index (Phi) is 4.05. The second-order valence-corrected chi connectivity index (χ2v) is 6.09. The summed E-state index contributed by atoms with van der Waals surface area (Å²) < 4.78 is 1.36. The minimum Gasteiger partial charge on any atom is -0.395 e. The lowest BCUT2D eigenvalue weighted by Crippen LogP contribution is -2.38. The van der Waals surface area contributed by atoms with Crippen molar-refractivity contribution < 1.29 is 9.90 Å². The van der Waals surface area contributed by atoms with Gasteiger partial charge in [-0.05, 0) is 18.1 Å². The van der Waals surface area contributed by atoms with E-state index in [9.17, 15) is 14.7 Å². The van der Waals surface area contributed by atoms with E-state index in [2.05, 4.69) is 0 Å². The molecule has 1 aliphatic rings. The smallest absolute Gasteiger partial charge is 0.270 e. The topological polar surface area (TPSA) is 62.5 Å². The zero-order valence-electron chi connectivity index (χ0n) is 13.1. The summed E-state index contributed by atoms with van der Waals surface area (Å²) in [5.41, 5.74) is 0.787. The van der Waals surface area contributed by atoms with Gasteiger partial charge in [0.2, 0.25) is 0 Å². The Labute approximate surface area is 134 Å². The van der Waals surface area contributed by atoms with E-state index in [1.807, 2.05) is 30.3 Å². The van der Waals surface area contributed by atoms with E-state index < -0.39 is 5.41 Å². The number of hydrogen-bond donors (Lipinski definition) is 1. The van der Waals surface area contributed by atoms with Gasteiger partial charge in [0.15, 0.2) is 0 Å². The minimum absolute atomic E-state index is 0.00544. The van der Waals surface area contributed by atoms with Crippen molar-refractivity contribution in [2.24, 2.45) is 7.05 Å². The molecule has 1 aromatic heterocycles. The van der Waals surface area contributed by atoms with Crippen LogP contribution in [0.5, 0.6) is 0 Å². The van der Waals surface area contributed by atoms with Crippen molar-refractivity contribution in [2.45, 2.75) is 11.8 Å². The van der Waals surface area contributed by atoms with E-state index in [-0.39, 0.29) is 18.1 Å². The second-order valence-electron chi connectivity index (χ2n) is 6.09. The molecule has 23 heavy (non-hydrogen) atoms. The molecule has 1 unspecified atom stereocenters. The van der Waals surface area contributed by atoms with Gasteiger partial charge in [-0.15, -0.1) is 0 Å². The standard InChI is InChI=1S/C18H20N2O3/c1-19-15(8-5-9-16(19)22)17(23)20-11-10-18(12-20,13-21)14-6-3-2-4-7-14/h2-9,21H,10-13H2,1H3. The number of aromatic nitrogens is 1. The molecule has 5 heteroatoms. The number of hydrogen-bond acceptors (Lipinski definition) is 3. The van der Waals surface area contributed by atoms with Crippen LogP contribution in [0.4, 0.5) is 0 Å². The zero-order chi connectivity index (χ0) is 16.4. The van der Waals surface area contributed by atoms with Crippen molar-refractivity contribution in [1.29, 1.82) is 0 Å². The van der Waals surface area contributed by atoms with E-state index >= 15 is 0 Å². The van der Waals surface area contributed by atoms with Gasteiger partial charge in [-0.2, -0.15) is 0 Å². The van der Waals surface area contributed by atoms with Gasteiger partial charge in [-0.3, -0.25) is 9.59 Å². The number of aliphatic hydroxyl groups is 1. The highest BCUT2D eigenvalue weighted by atomic mass is 16.3. The summed E-state index contributed by atoms with van der Waals surface area (Å²) in [7, 11) is 1.60. The van der Waals surface area contributed by atoms with Gasteiger partial charge in [0.05, 0.1) is 6.61 Å². The molecule has 0 spiro atoms. The Bertz CT molecular complexity index is 769. The maximum Gasteiger partial charge on any atom is 0.270 e. The van der Waals surface area contributed by atoms with Gasteiger partial charge >= 0.3 is 0 Å². The van der Waals surface area contributed by atoms with Gasteiger partial charge in [-0.1, -0.05) is 36.4 Å². The van der Waals surface area contributed by atoms with Gasteiger partial charge in [0, 0.05) is 31.6 Å². The number of carbonyl (C=O) groups excluding carboxylic acids is 1. The highest BCUT2D eigenvalue weighted by molar-refractivity contribution is 5.92. The van der Waals surface area contributed by atoms with Crippen LogP contribution in [0.15, 0.2) is 53.3 Å². The summed E-state index contributed by atoms with van der Waals surface area (Å²) in [4.78, 5) is 26.2. The molecular formula is C18H20N2O3. The van der Waals surface area contributed by atoms with E-state index in [4.69, 9.17) is 0 Å². The molecule has 2 aromatic rings. The number of amides is 1. The summed E-state index contributed by atoms with van der Waals surface area (Å²) >= 11 is 0. The van der Waals surface area contributed by atoms with E-state index in [0.29, 0.717) is 25.2 Å². The van der Waals surface area contributed by atoms with Crippen LogP contribution in [-0.4, -0.2) is 40.2 Å². The third-order valence-corrected chi connectivity index (χ3v) is 4.73. The monoisotopic (exact) mass is 312 g/mol. The first-order chi connectivity index (χ1) is 11.1. The second kappa shape index (κ2) is 6.01. The molecule has 1 saturated heterocycles. The van der Waals surface area contributed by atoms with E-state index in [1.54, 1.807) is 24.1 Å². The molecule has 1 N–H and O–H groups in total. The highest BCUT2D eigenvalue weighted by Gasteiger charge is 2.41. The first-order valence-corrected chi connectivity index (χ1v) is 7.69. The summed E-state index contributed by atoms with van der Waals surface area (Å²) in [6, 6.07) is 14.5.